The van der Waals surface area contributed by atoms with Gasteiger partial charge in [-0.1, -0.05) is 6.42 Å². The highest BCUT2D eigenvalue weighted by molar-refractivity contribution is 5.79. The third-order valence-electron chi connectivity index (χ3n) is 3.71. The number of aliphatic hydroxyl groups excluding tert-OH is 1. The fraction of sp³-hybridized carbons (Fsp3) is 0.909. The van der Waals surface area contributed by atoms with Gasteiger partial charge in [-0.05, 0) is 37.5 Å². The molecule has 0 heterocycles. The van der Waals surface area contributed by atoms with Crippen LogP contribution in [-0.2, 0) is 4.79 Å². The first kappa shape index (κ1) is 9.97. The number of amides is 1. The van der Waals surface area contributed by atoms with Crippen molar-refractivity contribution < 1.29 is 9.90 Å². The van der Waals surface area contributed by atoms with Gasteiger partial charge in [-0.15, -0.1) is 0 Å². The Bertz CT molecular complexity index is 219. The van der Waals surface area contributed by atoms with Gasteiger partial charge < -0.3 is 10.4 Å². The molecule has 0 atom stereocenters. The second-order valence-electron chi connectivity index (χ2n) is 4.82. The second kappa shape index (κ2) is 3.89. The zero-order valence-corrected chi connectivity index (χ0v) is 8.59. The molecule has 3 nitrogen and oxygen atoms in total. The molecule has 0 unspecified atom stereocenters. The summed E-state index contributed by atoms with van der Waals surface area (Å²) in [5.74, 6) is 0.528. The van der Waals surface area contributed by atoms with Crippen molar-refractivity contribution in [3.05, 3.63) is 0 Å². The summed E-state index contributed by atoms with van der Waals surface area (Å²) in [4.78, 5) is 11.5. The first-order valence-electron chi connectivity index (χ1n) is 5.64. The Morgan fingerprint density at radius 2 is 2.14 bits per heavy atom. The highest BCUT2D eigenvalue weighted by Gasteiger charge is 2.42. The zero-order chi connectivity index (χ0) is 10.0. The monoisotopic (exact) mass is 197 g/mol. The Kier molecular flexibility index (Phi) is 2.77. The summed E-state index contributed by atoms with van der Waals surface area (Å²) >= 11 is 0. The molecule has 2 aliphatic rings. The average molecular weight is 197 g/mol. The largest absolute Gasteiger partial charge is 0.396 e. The van der Waals surface area contributed by atoms with E-state index in [2.05, 4.69) is 5.32 Å². The first-order valence-corrected chi connectivity index (χ1v) is 5.64. The van der Waals surface area contributed by atoms with Crippen LogP contribution >= 0.6 is 0 Å². The van der Waals surface area contributed by atoms with E-state index in [-0.39, 0.29) is 17.9 Å². The van der Waals surface area contributed by atoms with E-state index in [1.54, 1.807) is 0 Å². The number of nitrogens with one attached hydrogen (secondary N) is 1. The van der Waals surface area contributed by atoms with E-state index in [1.807, 2.05) is 0 Å². The predicted octanol–water partition coefficient (Wildman–Crippen LogP) is 1.07. The Morgan fingerprint density at radius 3 is 2.57 bits per heavy atom. The third-order valence-corrected chi connectivity index (χ3v) is 3.71. The van der Waals surface area contributed by atoms with Gasteiger partial charge in [0, 0.05) is 19.1 Å². The lowest BCUT2D eigenvalue weighted by Crippen LogP contribution is -2.37. The normalized spacial score (nSPS) is 24.1. The molecular weight excluding hydrogens is 178 g/mol. The van der Waals surface area contributed by atoms with Gasteiger partial charge in [-0.3, -0.25) is 4.79 Å². The molecule has 2 rings (SSSR count). The molecule has 2 aliphatic carbocycles. The molecule has 80 valence electrons. The molecule has 2 saturated carbocycles. The van der Waals surface area contributed by atoms with Crippen LogP contribution in [0, 0.1) is 11.3 Å². The fourth-order valence-corrected chi connectivity index (χ4v) is 2.02. The Balaban J connectivity index is 1.68. The Hall–Kier alpha value is -0.570. The molecule has 0 aromatic carbocycles. The van der Waals surface area contributed by atoms with Crippen molar-refractivity contribution in [3.8, 4) is 0 Å². The average Bonchev–Trinajstić information content (AvgIpc) is 2.80. The van der Waals surface area contributed by atoms with Gasteiger partial charge >= 0.3 is 0 Å². The van der Waals surface area contributed by atoms with Crippen molar-refractivity contribution in [3.63, 3.8) is 0 Å². The number of aliphatic hydroxyl groups is 1. The molecule has 2 fully saturated rings. The van der Waals surface area contributed by atoms with Crippen LogP contribution in [-0.4, -0.2) is 24.2 Å². The molecule has 14 heavy (non-hydrogen) atoms. The molecule has 0 saturated heterocycles. The summed E-state index contributed by atoms with van der Waals surface area (Å²) < 4.78 is 0. The van der Waals surface area contributed by atoms with Gasteiger partial charge in [0.2, 0.25) is 5.91 Å². The maximum atomic E-state index is 11.5. The van der Waals surface area contributed by atoms with E-state index in [4.69, 9.17) is 5.11 Å². The van der Waals surface area contributed by atoms with E-state index in [0.717, 1.165) is 25.8 Å². The first-order chi connectivity index (χ1) is 6.76. The predicted molar refractivity (Wildman–Crippen MR) is 53.7 cm³/mol. The zero-order valence-electron chi connectivity index (χ0n) is 8.59. The number of carbonyl (C=O) groups excluding carboxylic acids is 1. The molecule has 0 spiro atoms. The maximum absolute atomic E-state index is 11.5. The standard InChI is InChI=1S/C11H19NO2/c13-7-6-11(4-5-11)8-12-10(14)9-2-1-3-9/h9,13H,1-8H2,(H,12,14). The fourth-order valence-electron chi connectivity index (χ4n) is 2.02. The lowest BCUT2D eigenvalue weighted by molar-refractivity contribution is -0.127. The Morgan fingerprint density at radius 1 is 1.43 bits per heavy atom. The van der Waals surface area contributed by atoms with Gasteiger partial charge in [-0.25, -0.2) is 0 Å². The van der Waals surface area contributed by atoms with Gasteiger partial charge in [-0.2, -0.15) is 0 Å². The third kappa shape index (κ3) is 2.08. The molecule has 3 heteroatoms. The minimum absolute atomic E-state index is 0.237. The minimum atomic E-state index is 0.237. The van der Waals surface area contributed by atoms with Crippen molar-refractivity contribution in [2.45, 2.75) is 38.5 Å². The van der Waals surface area contributed by atoms with Crippen molar-refractivity contribution >= 4 is 5.91 Å². The van der Waals surface area contributed by atoms with Crippen LogP contribution in [0.4, 0.5) is 0 Å². The van der Waals surface area contributed by atoms with E-state index in [1.165, 1.54) is 19.3 Å². The number of carbonyl (C=O) groups is 1. The van der Waals surface area contributed by atoms with Crippen LogP contribution in [0.1, 0.15) is 38.5 Å². The van der Waals surface area contributed by atoms with Crippen LogP contribution in [0.5, 0.6) is 0 Å². The van der Waals surface area contributed by atoms with Crippen molar-refractivity contribution in [1.82, 2.24) is 5.32 Å². The molecule has 0 aromatic heterocycles. The second-order valence-corrected chi connectivity index (χ2v) is 4.82. The molecule has 2 N–H and O–H groups in total. The summed E-state index contributed by atoms with van der Waals surface area (Å²) in [7, 11) is 0. The molecule has 0 bridgehead atoms. The van der Waals surface area contributed by atoms with Crippen LogP contribution in [0.15, 0.2) is 0 Å². The lowest BCUT2D eigenvalue weighted by atomic mass is 9.84. The summed E-state index contributed by atoms with van der Waals surface area (Å²) in [6, 6.07) is 0. The number of hydrogen-bond acceptors (Lipinski definition) is 2. The van der Waals surface area contributed by atoms with E-state index >= 15 is 0 Å². The highest BCUT2D eigenvalue weighted by atomic mass is 16.3. The lowest BCUT2D eigenvalue weighted by Gasteiger charge is -2.25. The van der Waals surface area contributed by atoms with E-state index in [0.29, 0.717) is 5.92 Å². The van der Waals surface area contributed by atoms with Gasteiger partial charge in [0.15, 0.2) is 0 Å². The van der Waals surface area contributed by atoms with E-state index in [9.17, 15) is 4.79 Å². The van der Waals surface area contributed by atoms with Crippen LogP contribution < -0.4 is 5.32 Å². The van der Waals surface area contributed by atoms with Crippen molar-refractivity contribution in [2.24, 2.45) is 11.3 Å². The summed E-state index contributed by atoms with van der Waals surface area (Å²) in [5, 5.41) is 11.9. The summed E-state index contributed by atoms with van der Waals surface area (Å²) in [6.07, 6.45) is 6.52. The topological polar surface area (TPSA) is 49.3 Å². The highest BCUT2D eigenvalue weighted by Crippen LogP contribution is 2.48. The molecule has 0 aliphatic heterocycles. The number of hydrogen-bond donors (Lipinski definition) is 2. The van der Waals surface area contributed by atoms with Gasteiger partial charge in [0.05, 0.1) is 0 Å². The molecule has 1 amide bonds. The van der Waals surface area contributed by atoms with Crippen molar-refractivity contribution in [2.75, 3.05) is 13.2 Å². The maximum Gasteiger partial charge on any atom is 0.223 e. The smallest absolute Gasteiger partial charge is 0.223 e. The summed E-state index contributed by atoms with van der Waals surface area (Å²) in [5.41, 5.74) is 0.258. The SMILES string of the molecule is O=C(NCC1(CCO)CC1)C1CCC1. The summed E-state index contributed by atoms with van der Waals surface area (Å²) in [6.45, 7) is 1.03. The number of rotatable bonds is 5. The Labute approximate surface area is 84.9 Å². The van der Waals surface area contributed by atoms with E-state index < -0.39 is 0 Å². The van der Waals surface area contributed by atoms with Crippen LogP contribution in [0.25, 0.3) is 0 Å². The van der Waals surface area contributed by atoms with Gasteiger partial charge in [0.1, 0.15) is 0 Å². The molecule has 0 radical (unpaired) electrons. The molecular formula is C11H19NO2. The quantitative estimate of drug-likeness (QED) is 0.692. The minimum Gasteiger partial charge on any atom is -0.396 e. The molecule has 0 aromatic rings. The van der Waals surface area contributed by atoms with Crippen molar-refractivity contribution in [1.29, 1.82) is 0 Å². The van der Waals surface area contributed by atoms with Crippen LogP contribution in [0.2, 0.25) is 0 Å². The van der Waals surface area contributed by atoms with Gasteiger partial charge in [0.25, 0.3) is 0 Å². The van der Waals surface area contributed by atoms with Crippen LogP contribution in [0.3, 0.4) is 0 Å².